The van der Waals surface area contributed by atoms with Gasteiger partial charge in [-0.3, -0.25) is 9.59 Å². The van der Waals surface area contributed by atoms with E-state index in [4.69, 9.17) is 10.8 Å². The number of primary amides is 1. The summed E-state index contributed by atoms with van der Waals surface area (Å²) in [6, 6.07) is 7.06. The molecular weight excluding hydrogens is 276 g/mol. The molecule has 0 radical (unpaired) electrons. The van der Waals surface area contributed by atoms with Crippen molar-refractivity contribution in [3.63, 3.8) is 0 Å². The van der Waals surface area contributed by atoms with Gasteiger partial charge in [0.2, 0.25) is 5.91 Å². The van der Waals surface area contributed by atoms with Crippen LogP contribution in [0.25, 0.3) is 0 Å². The predicted octanol–water partition coefficient (Wildman–Crippen LogP) is 1.77. The molecule has 0 aliphatic rings. The van der Waals surface area contributed by atoms with Gasteiger partial charge in [0.15, 0.2) is 0 Å². The van der Waals surface area contributed by atoms with E-state index in [9.17, 15) is 9.59 Å². The van der Waals surface area contributed by atoms with Crippen molar-refractivity contribution in [3.8, 4) is 0 Å². The fourth-order valence-corrected chi connectivity index (χ4v) is 2.92. The van der Waals surface area contributed by atoms with Crippen LogP contribution in [0.1, 0.15) is 31.5 Å². The standard InChI is InChI=1S/C14H14N2O3S/c1-8-11(20-12(16-8)7-13(17)18)6-9-2-4-10(5-3-9)14(15)19/h2-5H,6-7H2,1H3,(H2,15,19)(H,17,18). The number of amides is 1. The van der Waals surface area contributed by atoms with Crippen molar-refractivity contribution < 1.29 is 14.7 Å². The maximum atomic E-state index is 11.0. The third-order valence-electron chi connectivity index (χ3n) is 2.84. The third-order valence-corrected chi connectivity index (χ3v) is 4.00. The van der Waals surface area contributed by atoms with E-state index in [1.807, 2.05) is 19.1 Å². The number of carboxylic acids is 1. The van der Waals surface area contributed by atoms with E-state index in [2.05, 4.69) is 4.98 Å². The molecule has 0 saturated heterocycles. The molecule has 20 heavy (non-hydrogen) atoms. The number of aromatic nitrogens is 1. The first-order valence-electron chi connectivity index (χ1n) is 6.01. The highest BCUT2D eigenvalue weighted by molar-refractivity contribution is 7.11. The second-order valence-electron chi connectivity index (χ2n) is 4.42. The number of rotatable bonds is 5. The average molecular weight is 290 g/mol. The largest absolute Gasteiger partial charge is 0.481 e. The number of nitrogens with zero attached hydrogens (tertiary/aromatic N) is 1. The lowest BCUT2D eigenvalue weighted by Gasteiger charge is -2.01. The van der Waals surface area contributed by atoms with E-state index >= 15 is 0 Å². The molecule has 1 aromatic heterocycles. The summed E-state index contributed by atoms with van der Waals surface area (Å²) in [4.78, 5) is 27.0. The highest BCUT2D eigenvalue weighted by atomic mass is 32.1. The van der Waals surface area contributed by atoms with Gasteiger partial charge in [0.05, 0.1) is 12.1 Å². The van der Waals surface area contributed by atoms with Gasteiger partial charge in [-0.2, -0.15) is 0 Å². The van der Waals surface area contributed by atoms with Crippen LogP contribution in [0, 0.1) is 6.92 Å². The van der Waals surface area contributed by atoms with E-state index in [0.717, 1.165) is 16.1 Å². The minimum atomic E-state index is -0.879. The van der Waals surface area contributed by atoms with Gasteiger partial charge in [0.25, 0.3) is 0 Å². The van der Waals surface area contributed by atoms with Crippen molar-refractivity contribution in [2.45, 2.75) is 19.8 Å². The van der Waals surface area contributed by atoms with Crippen LogP contribution in [0.4, 0.5) is 0 Å². The third kappa shape index (κ3) is 3.42. The number of hydrogen-bond acceptors (Lipinski definition) is 4. The topological polar surface area (TPSA) is 93.3 Å². The van der Waals surface area contributed by atoms with Gasteiger partial charge in [0, 0.05) is 16.9 Å². The average Bonchev–Trinajstić information content (AvgIpc) is 2.69. The number of benzene rings is 1. The van der Waals surface area contributed by atoms with Crippen molar-refractivity contribution in [3.05, 3.63) is 51.0 Å². The summed E-state index contributed by atoms with van der Waals surface area (Å²) in [7, 11) is 0. The summed E-state index contributed by atoms with van der Waals surface area (Å²) >= 11 is 1.41. The van der Waals surface area contributed by atoms with Crippen molar-refractivity contribution in [2.75, 3.05) is 0 Å². The fraction of sp³-hybridized carbons (Fsp3) is 0.214. The van der Waals surface area contributed by atoms with Gasteiger partial charge in [0.1, 0.15) is 5.01 Å². The Hall–Kier alpha value is -2.21. The van der Waals surface area contributed by atoms with Gasteiger partial charge in [-0.15, -0.1) is 11.3 Å². The van der Waals surface area contributed by atoms with E-state index < -0.39 is 11.9 Å². The molecule has 0 atom stereocenters. The quantitative estimate of drug-likeness (QED) is 0.877. The summed E-state index contributed by atoms with van der Waals surface area (Å²) in [5, 5.41) is 9.37. The smallest absolute Gasteiger partial charge is 0.310 e. The molecule has 0 saturated carbocycles. The number of nitrogens with two attached hydrogens (primary N) is 1. The molecular formula is C14H14N2O3S. The minimum absolute atomic E-state index is 0.0495. The van der Waals surface area contributed by atoms with Crippen molar-refractivity contribution in [1.29, 1.82) is 0 Å². The highest BCUT2D eigenvalue weighted by Gasteiger charge is 2.11. The number of thiazole rings is 1. The monoisotopic (exact) mass is 290 g/mol. The fourth-order valence-electron chi connectivity index (χ4n) is 1.83. The summed E-state index contributed by atoms with van der Waals surface area (Å²) in [5.41, 5.74) is 7.54. The van der Waals surface area contributed by atoms with Crippen LogP contribution >= 0.6 is 11.3 Å². The summed E-state index contributed by atoms with van der Waals surface area (Å²) in [5.74, 6) is -1.33. The lowest BCUT2D eigenvalue weighted by molar-refractivity contribution is -0.136. The van der Waals surface area contributed by atoms with Crippen LogP contribution < -0.4 is 5.73 Å². The second-order valence-corrected chi connectivity index (χ2v) is 5.59. The first-order chi connectivity index (χ1) is 9.45. The molecule has 2 aromatic rings. The van der Waals surface area contributed by atoms with Gasteiger partial charge >= 0.3 is 5.97 Å². The van der Waals surface area contributed by atoms with Crippen LogP contribution in [0.2, 0.25) is 0 Å². The molecule has 0 spiro atoms. The van der Waals surface area contributed by atoms with Crippen LogP contribution in [0.5, 0.6) is 0 Å². The predicted molar refractivity (Wildman–Crippen MR) is 76.0 cm³/mol. The Labute approximate surface area is 120 Å². The van der Waals surface area contributed by atoms with Gasteiger partial charge in [-0.25, -0.2) is 4.98 Å². The molecule has 0 unspecified atom stereocenters. The molecule has 5 nitrogen and oxygen atoms in total. The van der Waals surface area contributed by atoms with Gasteiger partial charge in [-0.1, -0.05) is 12.1 Å². The zero-order valence-electron chi connectivity index (χ0n) is 10.9. The lowest BCUT2D eigenvalue weighted by atomic mass is 10.1. The number of carbonyl (C=O) groups is 2. The summed E-state index contributed by atoms with van der Waals surface area (Å²) in [6.45, 7) is 1.87. The van der Waals surface area contributed by atoms with Crippen molar-refractivity contribution in [2.24, 2.45) is 5.73 Å². The number of carboxylic acid groups (broad SMARTS) is 1. The van der Waals surface area contributed by atoms with Gasteiger partial charge < -0.3 is 10.8 Å². The number of aliphatic carboxylic acids is 1. The molecule has 1 amide bonds. The van der Waals surface area contributed by atoms with Crippen LogP contribution in [-0.4, -0.2) is 22.0 Å². The first kappa shape index (κ1) is 14.2. The summed E-state index contributed by atoms with van der Waals surface area (Å²) in [6.07, 6.45) is 0.619. The zero-order chi connectivity index (χ0) is 14.7. The van der Waals surface area contributed by atoms with E-state index in [0.29, 0.717) is 17.0 Å². The van der Waals surface area contributed by atoms with E-state index in [-0.39, 0.29) is 6.42 Å². The first-order valence-corrected chi connectivity index (χ1v) is 6.83. The molecule has 6 heteroatoms. The van der Waals surface area contributed by atoms with Crippen LogP contribution in [0.3, 0.4) is 0 Å². The molecule has 0 aliphatic heterocycles. The number of carbonyl (C=O) groups excluding carboxylic acids is 1. The lowest BCUT2D eigenvalue weighted by Crippen LogP contribution is -2.10. The maximum absolute atomic E-state index is 11.0. The molecule has 104 valence electrons. The van der Waals surface area contributed by atoms with Crippen LogP contribution in [-0.2, 0) is 17.6 Å². The normalized spacial score (nSPS) is 10.4. The molecule has 0 fully saturated rings. The van der Waals surface area contributed by atoms with Crippen LogP contribution in [0.15, 0.2) is 24.3 Å². The van der Waals surface area contributed by atoms with Gasteiger partial charge in [-0.05, 0) is 24.6 Å². The SMILES string of the molecule is Cc1nc(CC(=O)O)sc1Cc1ccc(C(N)=O)cc1. The minimum Gasteiger partial charge on any atom is -0.481 e. The Morgan fingerprint density at radius 2 is 1.95 bits per heavy atom. The second kappa shape index (κ2) is 5.83. The summed E-state index contributed by atoms with van der Waals surface area (Å²) < 4.78 is 0. The maximum Gasteiger partial charge on any atom is 0.310 e. The zero-order valence-corrected chi connectivity index (χ0v) is 11.7. The molecule has 3 N–H and O–H groups in total. The Balaban J connectivity index is 2.15. The Kier molecular flexibility index (Phi) is 4.14. The van der Waals surface area contributed by atoms with Crippen molar-refractivity contribution >= 4 is 23.2 Å². The molecule has 0 aliphatic carbocycles. The van der Waals surface area contributed by atoms with E-state index in [1.54, 1.807) is 12.1 Å². The van der Waals surface area contributed by atoms with Crippen molar-refractivity contribution in [1.82, 2.24) is 4.98 Å². The Morgan fingerprint density at radius 1 is 1.30 bits per heavy atom. The number of hydrogen-bond donors (Lipinski definition) is 2. The Bertz CT molecular complexity index is 647. The molecule has 1 heterocycles. The molecule has 0 bridgehead atoms. The Morgan fingerprint density at radius 3 is 2.50 bits per heavy atom. The molecule has 1 aromatic carbocycles. The highest BCUT2D eigenvalue weighted by Crippen LogP contribution is 2.22. The van der Waals surface area contributed by atoms with E-state index in [1.165, 1.54) is 11.3 Å². The molecule has 2 rings (SSSR count). The number of aryl methyl sites for hydroxylation is 1.